The Morgan fingerprint density at radius 1 is 1.45 bits per heavy atom. The largest absolute Gasteiger partial charge is 0.391 e. The summed E-state index contributed by atoms with van der Waals surface area (Å²) in [4.78, 5) is 30.3. The molecule has 1 aliphatic rings. The summed E-state index contributed by atoms with van der Waals surface area (Å²) in [6.07, 6.45) is -0.607. The molecule has 0 radical (unpaired) electrons. The predicted molar refractivity (Wildman–Crippen MR) is 82.7 cm³/mol. The highest BCUT2D eigenvalue weighted by Crippen LogP contribution is 2.30. The normalized spacial score (nSPS) is 19.4. The van der Waals surface area contributed by atoms with E-state index in [0.29, 0.717) is 15.7 Å². The molecule has 2 rings (SSSR count). The van der Waals surface area contributed by atoms with Crippen LogP contribution in [0.25, 0.3) is 0 Å². The zero-order chi connectivity index (χ0) is 16.3. The lowest BCUT2D eigenvalue weighted by atomic mass is 10.1. The maximum Gasteiger partial charge on any atom is 0.248 e. The number of carbonyl (C=O) groups is 2. The van der Waals surface area contributed by atoms with Crippen molar-refractivity contribution in [3.8, 4) is 0 Å². The third-order valence-corrected chi connectivity index (χ3v) is 3.59. The number of anilines is 1. The molecule has 1 fully saturated rings. The first-order valence-corrected chi connectivity index (χ1v) is 7.48. The fraction of sp³-hybridized carbons (Fsp3) is 0.429. The standard InChI is InChI=1S/C14H16Cl2N2O4/c1-8(19)7-22-17-14(21)9-2-13(20)18(6-9)12-4-10(15)3-11(16)5-12/h3-5,8-9,19H,2,6-7H2,1H3,(H,17,21). The van der Waals surface area contributed by atoms with Gasteiger partial charge < -0.3 is 10.0 Å². The molecular weight excluding hydrogens is 331 g/mol. The monoisotopic (exact) mass is 346 g/mol. The molecule has 2 atom stereocenters. The smallest absolute Gasteiger partial charge is 0.248 e. The summed E-state index contributed by atoms with van der Waals surface area (Å²) >= 11 is 11.9. The molecule has 0 saturated carbocycles. The molecule has 2 amide bonds. The van der Waals surface area contributed by atoms with Crippen LogP contribution >= 0.6 is 23.2 Å². The molecule has 6 nitrogen and oxygen atoms in total. The summed E-state index contributed by atoms with van der Waals surface area (Å²) in [6, 6.07) is 4.81. The number of aliphatic hydroxyl groups excluding tert-OH is 1. The van der Waals surface area contributed by atoms with Gasteiger partial charge in [-0.15, -0.1) is 0 Å². The lowest BCUT2D eigenvalue weighted by Crippen LogP contribution is -2.34. The average molecular weight is 347 g/mol. The number of hydrogen-bond acceptors (Lipinski definition) is 4. The van der Waals surface area contributed by atoms with Gasteiger partial charge in [-0.2, -0.15) is 0 Å². The van der Waals surface area contributed by atoms with E-state index >= 15 is 0 Å². The highest BCUT2D eigenvalue weighted by atomic mass is 35.5. The summed E-state index contributed by atoms with van der Waals surface area (Å²) in [7, 11) is 0. The van der Waals surface area contributed by atoms with Crippen LogP contribution in [0, 0.1) is 5.92 Å². The fourth-order valence-electron chi connectivity index (χ4n) is 2.14. The minimum atomic E-state index is -0.685. The molecule has 0 bridgehead atoms. The molecule has 2 N–H and O–H groups in total. The number of rotatable bonds is 5. The van der Waals surface area contributed by atoms with Gasteiger partial charge in [-0.05, 0) is 25.1 Å². The van der Waals surface area contributed by atoms with E-state index in [2.05, 4.69) is 5.48 Å². The first-order valence-electron chi connectivity index (χ1n) is 6.73. The summed E-state index contributed by atoms with van der Waals surface area (Å²) in [5.74, 6) is -1.11. The second-order valence-electron chi connectivity index (χ2n) is 5.16. The topological polar surface area (TPSA) is 78.9 Å². The number of amides is 2. The van der Waals surface area contributed by atoms with Crippen LogP contribution in [0.4, 0.5) is 5.69 Å². The second-order valence-corrected chi connectivity index (χ2v) is 6.03. The van der Waals surface area contributed by atoms with E-state index in [1.165, 1.54) is 11.8 Å². The van der Waals surface area contributed by atoms with E-state index in [4.69, 9.17) is 33.1 Å². The van der Waals surface area contributed by atoms with E-state index in [-0.39, 0.29) is 25.5 Å². The third kappa shape index (κ3) is 4.33. The van der Waals surface area contributed by atoms with Crippen LogP contribution in [0.3, 0.4) is 0 Å². The van der Waals surface area contributed by atoms with Gasteiger partial charge >= 0.3 is 0 Å². The molecule has 1 saturated heterocycles. The Balaban J connectivity index is 1.99. The van der Waals surface area contributed by atoms with Crippen LogP contribution in [-0.2, 0) is 14.4 Å². The Bertz CT molecular complexity index is 560. The minimum Gasteiger partial charge on any atom is -0.391 e. The molecule has 0 spiro atoms. The Morgan fingerprint density at radius 2 is 2.09 bits per heavy atom. The predicted octanol–water partition coefficient (Wildman–Crippen LogP) is 1.77. The Kier molecular flexibility index (Phi) is 5.63. The van der Waals surface area contributed by atoms with Gasteiger partial charge in [0.2, 0.25) is 11.8 Å². The Hall–Kier alpha value is -1.34. The van der Waals surface area contributed by atoms with Crippen LogP contribution in [0.2, 0.25) is 10.0 Å². The molecule has 1 heterocycles. The van der Waals surface area contributed by atoms with Gasteiger partial charge in [-0.3, -0.25) is 14.4 Å². The summed E-state index contributed by atoms with van der Waals surface area (Å²) in [5, 5.41) is 9.89. The van der Waals surface area contributed by atoms with Crippen molar-refractivity contribution in [1.82, 2.24) is 5.48 Å². The second kappa shape index (κ2) is 7.28. The first-order chi connectivity index (χ1) is 10.4. The number of hydroxylamine groups is 1. The number of benzene rings is 1. The van der Waals surface area contributed by atoms with Crippen molar-refractivity contribution in [3.05, 3.63) is 28.2 Å². The molecule has 2 unspecified atom stereocenters. The van der Waals surface area contributed by atoms with Gasteiger partial charge in [-0.1, -0.05) is 23.2 Å². The van der Waals surface area contributed by atoms with Gasteiger partial charge in [-0.25, -0.2) is 5.48 Å². The average Bonchev–Trinajstić information content (AvgIpc) is 2.79. The lowest BCUT2D eigenvalue weighted by molar-refractivity contribution is -0.139. The maximum absolute atomic E-state index is 12.1. The molecular formula is C14H16Cl2N2O4. The van der Waals surface area contributed by atoms with Crippen molar-refractivity contribution in [1.29, 1.82) is 0 Å². The molecule has 0 aliphatic carbocycles. The quantitative estimate of drug-likeness (QED) is 0.796. The van der Waals surface area contributed by atoms with Gasteiger partial charge in [0.25, 0.3) is 0 Å². The van der Waals surface area contributed by atoms with E-state index in [1.807, 2.05) is 0 Å². The highest BCUT2D eigenvalue weighted by Gasteiger charge is 2.35. The number of carbonyl (C=O) groups excluding carboxylic acids is 2. The van der Waals surface area contributed by atoms with Crippen LogP contribution < -0.4 is 10.4 Å². The Morgan fingerprint density at radius 3 is 2.68 bits per heavy atom. The van der Waals surface area contributed by atoms with Crippen molar-refractivity contribution in [3.63, 3.8) is 0 Å². The summed E-state index contributed by atoms with van der Waals surface area (Å²) < 4.78 is 0. The zero-order valence-corrected chi connectivity index (χ0v) is 13.4. The number of halogens is 2. The summed E-state index contributed by atoms with van der Waals surface area (Å²) in [6.45, 7) is 1.75. The van der Waals surface area contributed by atoms with Crippen molar-refractivity contribution in [2.24, 2.45) is 5.92 Å². The van der Waals surface area contributed by atoms with Gasteiger partial charge in [0.15, 0.2) is 0 Å². The first kappa shape index (κ1) is 17.0. The zero-order valence-electron chi connectivity index (χ0n) is 11.9. The van der Waals surface area contributed by atoms with Gasteiger partial charge in [0, 0.05) is 28.7 Å². The Labute approximate surface area is 137 Å². The van der Waals surface area contributed by atoms with Crippen LogP contribution in [0.5, 0.6) is 0 Å². The van der Waals surface area contributed by atoms with E-state index in [9.17, 15) is 9.59 Å². The van der Waals surface area contributed by atoms with Crippen LogP contribution in [-0.4, -0.2) is 36.2 Å². The van der Waals surface area contributed by atoms with Crippen molar-refractivity contribution in [2.45, 2.75) is 19.4 Å². The molecule has 8 heteroatoms. The van der Waals surface area contributed by atoms with Crippen molar-refractivity contribution in [2.75, 3.05) is 18.1 Å². The van der Waals surface area contributed by atoms with E-state index < -0.39 is 17.9 Å². The van der Waals surface area contributed by atoms with Gasteiger partial charge in [0.05, 0.1) is 12.0 Å². The highest BCUT2D eigenvalue weighted by molar-refractivity contribution is 6.35. The molecule has 1 aromatic rings. The van der Waals surface area contributed by atoms with Crippen molar-refractivity contribution >= 4 is 40.7 Å². The number of nitrogens with zero attached hydrogens (tertiary/aromatic N) is 1. The molecule has 22 heavy (non-hydrogen) atoms. The third-order valence-electron chi connectivity index (χ3n) is 3.15. The molecule has 1 aromatic carbocycles. The van der Waals surface area contributed by atoms with Gasteiger partial charge in [0.1, 0.15) is 6.61 Å². The SMILES string of the molecule is CC(O)CONC(=O)C1CC(=O)N(c2cc(Cl)cc(Cl)c2)C1. The van der Waals surface area contributed by atoms with E-state index in [1.54, 1.807) is 18.2 Å². The van der Waals surface area contributed by atoms with Crippen molar-refractivity contribution < 1.29 is 19.5 Å². The molecule has 120 valence electrons. The van der Waals surface area contributed by atoms with Crippen LogP contribution in [0.15, 0.2) is 18.2 Å². The van der Waals surface area contributed by atoms with Crippen LogP contribution in [0.1, 0.15) is 13.3 Å². The maximum atomic E-state index is 12.1. The molecule has 1 aliphatic heterocycles. The van der Waals surface area contributed by atoms with E-state index in [0.717, 1.165) is 0 Å². The number of nitrogens with one attached hydrogen (secondary N) is 1. The lowest BCUT2D eigenvalue weighted by Gasteiger charge is -2.17. The summed E-state index contributed by atoms with van der Waals surface area (Å²) in [5.41, 5.74) is 2.80. The minimum absolute atomic E-state index is 0.0139. The number of aliphatic hydroxyl groups is 1. The molecule has 0 aromatic heterocycles. The number of hydrogen-bond donors (Lipinski definition) is 2. The fourth-order valence-corrected chi connectivity index (χ4v) is 2.66.